The third kappa shape index (κ3) is 1.78. The van der Waals surface area contributed by atoms with Crippen molar-refractivity contribution in [3.8, 4) is 0 Å². The van der Waals surface area contributed by atoms with Gasteiger partial charge in [-0.05, 0) is 86.4 Å². The first-order valence-electron chi connectivity index (χ1n) is 8.88. The zero-order chi connectivity index (χ0) is 13.0. The Bertz CT molecular complexity index is 393. The molecule has 0 amide bonds. The average molecular weight is 258 g/mol. The monoisotopic (exact) mass is 258 g/mol. The molecule has 0 aromatic carbocycles. The van der Waals surface area contributed by atoms with Gasteiger partial charge in [-0.25, -0.2) is 0 Å². The highest BCUT2D eigenvalue weighted by atomic mass is 14.6. The molecule has 3 fully saturated rings. The van der Waals surface area contributed by atoms with E-state index in [1.165, 1.54) is 44.9 Å². The van der Waals surface area contributed by atoms with E-state index in [9.17, 15) is 0 Å². The van der Waals surface area contributed by atoms with Crippen LogP contribution in [0.1, 0.15) is 71.6 Å². The van der Waals surface area contributed by atoms with Crippen LogP contribution >= 0.6 is 0 Å². The molecule has 0 saturated heterocycles. The van der Waals surface area contributed by atoms with E-state index in [4.69, 9.17) is 0 Å². The predicted octanol–water partition coefficient (Wildman–Crippen LogP) is 5.59. The summed E-state index contributed by atoms with van der Waals surface area (Å²) >= 11 is 0. The summed E-state index contributed by atoms with van der Waals surface area (Å²) in [5.41, 5.74) is 2.60. The van der Waals surface area contributed by atoms with Crippen LogP contribution in [0, 0.1) is 35.0 Å². The Kier molecular flexibility index (Phi) is 2.87. The summed E-state index contributed by atoms with van der Waals surface area (Å²) in [6, 6.07) is 0. The zero-order valence-corrected chi connectivity index (χ0v) is 12.8. The molecule has 0 aliphatic heterocycles. The highest BCUT2D eigenvalue weighted by Crippen LogP contribution is 2.63. The first kappa shape index (κ1) is 12.5. The smallest absolute Gasteiger partial charge is 0.0172 e. The van der Waals surface area contributed by atoms with Crippen molar-refractivity contribution in [2.24, 2.45) is 35.0 Å². The van der Waals surface area contributed by atoms with Gasteiger partial charge in [0.2, 0.25) is 0 Å². The molecule has 19 heavy (non-hydrogen) atoms. The van der Waals surface area contributed by atoms with Crippen molar-refractivity contribution in [1.29, 1.82) is 0 Å². The van der Waals surface area contributed by atoms with Crippen LogP contribution in [0.25, 0.3) is 0 Å². The molecule has 0 bridgehead atoms. The maximum Gasteiger partial charge on any atom is -0.0172 e. The highest BCUT2D eigenvalue weighted by Gasteiger charge is 2.53. The third-order valence-electron chi connectivity index (χ3n) is 7.50. The summed E-state index contributed by atoms with van der Waals surface area (Å²) in [5.74, 6) is 5.17. The SMILES string of the molecule is C[C@@H]1CC2=CCCC[C@@H]2[C@H]2CC[C@]3(C)CCC[C@H]3[C@@H]21. The molecule has 0 nitrogen and oxygen atoms in total. The van der Waals surface area contributed by atoms with Gasteiger partial charge in [0, 0.05) is 0 Å². The molecule has 106 valence electrons. The number of hydrogen-bond donors (Lipinski definition) is 0. The molecular formula is C19H30. The fraction of sp³-hybridized carbons (Fsp3) is 0.895. The maximum absolute atomic E-state index is 2.63. The van der Waals surface area contributed by atoms with Gasteiger partial charge in [-0.2, -0.15) is 0 Å². The van der Waals surface area contributed by atoms with Gasteiger partial charge in [0.25, 0.3) is 0 Å². The standard InChI is InChI=1S/C19H30/c1-13-12-14-6-3-4-7-15(14)16-9-11-19(2)10-5-8-17(19)18(13)16/h6,13,15-18H,3-5,7-12H2,1-2H3/t13-,15+,16-,17+,18-,19+/m1/s1. The number of hydrogen-bond acceptors (Lipinski definition) is 0. The van der Waals surface area contributed by atoms with Crippen LogP contribution in [0.3, 0.4) is 0 Å². The lowest BCUT2D eigenvalue weighted by Gasteiger charge is -2.55. The minimum Gasteiger partial charge on any atom is -0.0850 e. The molecule has 0 unspecified atom stereocenters. The Hall–Kier alpha value is -0.260. The van der Waals surface area contributed by atoms with Crippen LogP contribution < -0.4 is 0 Å². The fourth-order valence-corrected chi connectivity index (χ4v) is 6.70. The lowest BCUT2D eigenvalue weighted by atomic mass is 9.50. The second-order valence-corrected chi connectivity index (χ2v) is 8.43. The molecular weight excluding hydrogens is 228 g/mol. The first-order valence-corrected chi connectivity index (χ1v) is 8.88. The summed E-state index contributed by atoms with van der Waals surface area (Å²) < 4.78 is 0. The Morgan fingerprint density at radius 3 is 2.89 bits per heavy atom. The Morgan fingerprint density at radius 2 is 2.00 bits per heavy atom. The van der Waals surface area contributed by atoms with Gasteiger partial charge >= 0.3 is 0 Å². The molecule has 6 atom stereocenters. The molecule has 0 spiro atoms. The molecule has 0 aromatic rings. The normalized spacial score (nSPS) is 52.9. The van der Waals surface area contributed by atoms with Gasteiger partial charge < -0.3 is 0 Å². The van der Waals surface area contributed by atoms with Crippen molar-refractivity contribution in [3.63, 3.8) is 0 Å². The van der Waals surface area contributed by atoms with E-state index < -0.39 is 0 Å². The van der Waals surface area contributed by atoms with E-state index >= 15 is 0 Å². The second kappa shape index (κ2) is 4.37. The van der Waals surface area contributed by atoms with Crippen LogP contribution in [0.4, 0.5) is 0 Å². The number of fused-ring (bicyclic) bond motifs is 5. The van der Waals surface area contributed by atoms with Gasteiger partial charge in [0.1, 0.15) is 0 Å². The van der Waals surface area contributed by atoms with Gasteiger partial charge in [0.05, 0.1) is 0 Å². The summed E-state index contributed by atoms with van der Waals surface area (Å²) in [6.07, 6.45) is 16.1. The average Bonchev–Trinajstić information content (AvgIpc) is 2.80. The fourth-order valence-electron chi connectivity index (χ4n) is 6.70. The predicted molar refractivity (Wildman–Crippen MR) is 80.9 cm³/mol. The van der Waals surface area contributed by atoms with Gasteiger partial charge in [0.15, 0.2) is 0 Å². The Labute approximate surface area is 119 Å². The summed E-state index contributed by atoms with van der Waals surface area (Å²) in [7, 11) is 0. The minimum atomic E-state index is 0.727. The molecule has 4 aliphatic carbocycles. The molecule has 4 aliphatic rings. The number of rotatable bonds is 0. The highest BCUT2D eigenvalue weighted by molar-refractivity contribution is 5.18. The summed E-state index contributed by atoms with van der Waals surface area (Å²) in [5, 5.41) is 0. The van der Waals surface area contributed by atoms with E-state index in [0.717, 1.165) is 35.0 Å². The van der Waals surface area contributed by atoms with E-state index in [1.807, 2.05) is 5.57 Å². The van der Waals surface area contributed by atoms with Gasteiger partial charge in [-0.15, -0.1) is 0 Å². The van der Waals surface area contributed by atoms with Crippen molar-refractivity contribution in [3.05, 3.63) is 11.6 Å². The van der Waals surface area contributed by atoms with Crippen LogP contribution in [0.15, 0.2) is 11.6 Å². The van der Waals surface area contributed by atoms with Crippen molar-refractivity contribution in [2.45, 2.75) is 71.6 Å². The number of allylic oxidation sites excluding steroid dienone is 2. The largest absolute Gasteiger partial charge is 0.0850 e. The second-order valence-electron chi connectivity index (χ2n) is 8.43. The van der Waals surface area contributed by atoms with E-state index in [-0.39, 0.29) is 0 Å². The van der Waals surface area contributed by atoms with E-state index in [2.05, 4.69) is 19.9 Å². The van der Waals surface area contributed by atoms with Crippen molar-refractivity contribution in [1.82, 2.24) is 0 Å². The van der Waals surface area contributed by atoms with E-state index in [1.54, 1.807) is 12.8 Å². The molecule has 4 rings (SSSR count). The molecule has 3 saturated carbocycles. The Balaban J connectivity index is 1.68. The van der Waals surface area contributed by atoms with Crippen LogP contribution in [-0.4, -0.2) is 0 Å². The zero-order valence-electron chi connectivity index (χ0n) is 12.8. The molecule has 0 aromatic heterocycles. The molecule has 0 heterocycles. The van der Waals surface area contributed by atoms with Gasteiger partial charge in [-0.1, -0.05) is 31.9 Å². The van der Waals surface area contributed by atoms with Crippen LogP contribution in [0.2, 0.25) is 0 Å². The first-order chi connectivity index (χ1) is 9.19. The quantitative estimate of drug-likeness (QED) is 0.497. The van der Waals surface area contributed by atoms with Crippen molar-refractivity contribution in [2.75, 3.05) is 0 Å². The van der Waals surface area contributed by atoms with Crippen LogP contribution in [0.5, 0.6) is 0 Å². The Morgan fingerprint density at radius 1 is 1.11 bits per heavy atom. The van der Waals surface area contributed by atoms with E-state index in [0.29, 0.717) is 0 Å². The molecule has 0 radical (unpaired) electrons. The van der Waals surface area contributed by atoms with Crippen molar-refractivity contribution >= 4 is 0 Å². The maximum atomic E-state index is 2.63. The van der Waals surface area contributed by atoms with Crippen molar-refractivity contribution < 1.29 is 0 Å². The lowest BCUT2D eigenvalue weighted by Crippen LogP contribution is -2.47. The van der Waals surface area contributed by atoms with Gasteiger partial charge in [-0.3, -0.25) is 0 Å². The molecule has 0 N–H and O–H groups in total. The minimum absolute atomic E-state index is 0.727. The topological polar surface area (TPSA) is 0 Å². The summed E-state index contributed by atoms with van der Waals surface area (Å²) in [4.78, 5) is 0. The van der Waals surface area contributed by atoms with Crippen LogP contribution in [-0.2, 0) is 0 Å². The lowest BCUT2D eigenvalue weighted by molar-refractivity contribution is -0.0292. The molecule has 0 heteroatoms. The third-order valence-corrected chi connectivity index (χ3v) is 7.50. The summed E-state index contributed by atoms with van der Waals surface area (Å²) in [6.45, 7) is 5.20.